The van der Waals surface area contributed by atoms with Gasteiger partial charge >= 0.3 is 0 Å². The molecule has 1 aromatic rings. The van der Waals surface area contributed by atoms with Crippen molar-refractivity contribution in [1.82, 2.24) is 10.2 Å². The van der Waals surface area contributed by atoms with E-state index in [-0.39, 0.29) is 5.91 Å². The molecular formula is C16H24N2OS. The van der Waals surface area contributed by atoms with E-state index >= 15 is 0 Å². The second-order valence-corrected chi connectivity index (χ2v) is 7.41. The van der Waals surface area contributed by atoms with Crippen LogP contribution in [-0.2, 0) is 11.3 Å². The van der Waals surface area contributed by atoms with Crippen LogP contribution in [0.25, 0.3) is 0 Å². The van der Waals surface area contributed by atoms with Crippen LogP contribution in [0.1, 0.15) is 54.7 Å². The van der Waals surface area contributed by atoms with Crippen molar-refractivity contribution >= 4 is 17.2 Å². The third-order valence-electron chi connectivity index (χ3n) is 4.50. The Balaban J connectivity index is 1.52. The second kappa shape index (κ2) is 6.27. The smallest absolute Gasteiger partial charge is 0.217 e. The van der Waals surface area contributed by atoms with E-state index in [0.29, 0.717) is 6.04 Å². The zero-order chi connectivity index (χ0) is 13.9. The number of nitrogens with zero attached hydrogens (tertiary/aromatic N) is 1. The molecule has 1 atom stereocenters. The SMILES string of the molecule is CC(=O)N[C@H]1CCN(Cc2ccc(C3CCCC3)s2)C1. The summed E-state index contributed by atoms with van der Waals surface area (Å²) in [5.41, 5.74) is 0. The maximum Gasteiger partial charge on any atom is 0.217 e. The van der Waals surface area contributed by atoms with Crippen LogP contribution in [0.4, 0.5) is 0 Å². The van der Waals surface area contributed by atoms with Gasteiger partial charge in [0.05, 0.1) is 0 Å². The minimum Gasteiger partial charge on any atom is -0.352 e. The number of carbonyl (C=O) groups excluding carboxylic acids is 1. The van der Waals surface area contributed by atoms with Crippen LogP contribution in [-0.4, -0.2) is 29.9 Å². The average Bonchev–Trinajstić information content (AvgIpc) is 3.09. The summed E-state index contributed by atoms with van der Waals surface area (Å²) in [4.78, 5) is 16.6. The Bertz CT molecular complexity index is 465. The molecule has 0 bridgehead atoms. The van der Waals surface area contributed by atoms with Crippen LogP contribution in [0.2, 0.25) is 0 Å². The molecule has 1 aliphatic heterocycles. The van der Waals surface area contributed by atoms with Crippen molar-refractivity contribution in [3.05, 3.63) is 21.9 Å². The lowest BCUT2D eigenvalue weighted by Crippen LogP contribution is -2.35. The van der Waals surface area contributed by atoms with Gasteiger partial charge in [-0.15, -0.1) is 11.3 Å². The molecule has 0 unspecified atom stereocenters. The van der Waals surface area contributed by atoms with Crippen LogP contribution >= 0.6 is 11.3 Å². The summed E-state index contributed by atoms with van der Waals surface area (Å²) >= 11 is 2.00. The standard InChI is InChI=1S/C16H24N2OS/c1-12(19)17-14-8-9-18(10-14)11-15-6-7-16(20-15)13-4-2-3-5-13/h6-7,13-14H,2-5,8-11H2,1H3,(H,17,19)/t14-/m0/s1. The highest BCUT2D eigenvalue weighted by Crippen LogP contribution is 2.37. The molecule has 1 aromatic heterocycles. The second-order valence-electron chi connectivity index (χ2n) is 6.21. The van der Waals surface area contributed by atoms with E-state index in [9.17, 15) is 4.79 Å². The fourth-order valence-corrected chi connectivity index (χ4v) is 4.74. The predicted octanol–water partition coefficient (Wildman–Crippen LogP) is 3.12. The van der Waals surface area contributed by atoms with Crippen LogP contribution in [0.3, 0.4) is 0 Å². The first-order valence-electron chi connectivity index (χ1n) is 7.79. The number of thiophene rings is 1. The largest absolute Gasteiger partial charge is 0.352 e. The first kappa shape index (κ1) is 14.1. The molecule has 2 heterocycles. The zero-order valence-electron chi connectivity index (χ0n) is 12.2. The first-order valence-corrected chi connectivity index (χ1v) is 8.60. The Morgan fingerprint density at radius 3 is 2.90 bits per heavy atom. The molecule has 0 aromatic carbocycles. The Morgan fingerprint density at radius 1 is 1.35 bits per heavy atom. The Morgan fingerprint density at radius 2 is 2.15 bits per heavy atom. The van der Waals surface area contributed by atoms with E-state index < -0.39 is 0 Å². The van der Waals surface area contributed by atoms with Crippen LogP contribution in [0.5, 0.6) is 0 Å². The number of nitrogens with one attached hydrogen (secondary N) is 1. The van der Waals surface area contributed by atoms with Crippen LogP contribution in [0, 0.1) is 0 Å². The van der Waals surface area contributed by atoms with Crippen LogP contribution in [0.15, 0.2) is 12.1 Å². The highest BCUT2D eigenvalue weighted by Gasteiger charge is 2.24. The summed E-state index contributed by atoms with van der Waals surface area (Å²) in [6, 6.07) is 5.00. The molecule has 0 spiro atoms. The van der Waals surface area contributed by atoms with Gasteiger partial charge in [0.1, 0.15) is 0 Å². The third kappa shape index (κ3) is 3.41. The Hall–Kier alpha value is -0.870. The van der Waals surface area contributed by atoms with Crippen molar-refractivity contribution in [2.24, 2.45) is 0 Å². The maximum absolute atomic E-state index is 11.1. The van der Waals surface area contributed by atoms with E-state index in [1.54, 1.807) is 11.8 Å². The third-order valence-corrected chi connectivity index (χ3v) is 5.73. The molecule has 2 aliphatic rings. The molecule has 2 fully saturated rings. The van der Waals surface area contributed by atoms with Gasteiger partial charge in [0.2, 0.25) is 5.91 Å². The van der Waals surface area contributed by atoms with Crippen LogP contribution < -0.4 is 5.32 Å². The number of carbonyl (C=O) groups is 1. The molecule has 1 aliphatic carbocycles. The predicted molar refractivity (Wildman–Crippen MR) is 83.0 cm³/mol. The summed E-state index contributed by atoms with van der Waals surface area (Å²) in [6.07, 6.45) is 6.66. The molecular weight excluding hydrogens is 268 g/mol. The average molecular weight is 292 g/mol. The molecule has 1 saturated carbocycles. The zero-order valence-corrected chi connectivity index (χ0v) is 13.0. The van der Waals surface area contributed by atoms with Gasteiger partial charge in [0.25, 0.3) is 0 Å². The quantitative estimate of drug-likeness (QED) is 0.925. The van der Waals surface area contributed by atoms with Gasteiger partial charge in [-0.05, 0) is 37.3 Å². The van der Waals surface area contributed by atoms with E-state index in [0.717, 1.165) is 32.0 Å². The minimum atomic E-state index is 0.0940. The van der Waals surface area contributed by atoms with Gasteiger partial charge in [-0.3, -0.25) is 9.69 Å². The van der Waals surface area contributed by atoms with E-state index in [4.69, 9.17) is 0 Å². The number of hydrogen-bond acceptors (Lipinski definition) is 3. The number of hydrogen-bond donors (Lipinski definition) is 1. The van der Waals surface area contributed by atoms with Gasteiger partial charge in [0, 0.05) is 42.4 Å². The Labute approximate surface area is 125 Å². The topological polar surface area (TPSA) is 32.3 Å². The van der Waals surface area contributed by atoms with Crippen molar-refractivity contribution in [3.63, 3.8) is 0 Å². The number of rotatable bonds is 4. The number of amides is 1. The highest BCUT2D eigenvalue weighted by molar-refractivity contribution is 7.12. The van der Waals surface area contributed by atoms with E-state index in [2.05, 4.69) is 22.3 Å². The molecule has 1 saturated heterocycles. The molecule has 1 amide bonds. The van der Waals surface area contributed by atoms with Crippen molar-refractivity contribution in [2.45, 2.75) is 57.5 Å². The van der Waals surface area contributed by atoms with Gasteiger partial charge < -0.3 is 5.32 Å². The molecule has 20 heavy (non-hydrogen) atoms. The van der Waals surface area contributed by atoms with Gasteiger partial charge in [-0.2, -0.15) is 0 Å². The lowest BCUT2D eigenvalue weighted by atomic mass is 10.1. The van der Waals surface area contributed by atoms with Gasteiger partial charge in [-0.25, -0.2) is 0 Å². The van der Waals surface area contributed by atoms with Crippen molar-refractivity contribution < 1.29 is 4.79 Å². The molecule has 0 radical (unpaired) electrons. The normalized spacial score (nSPS) is 24.4. The lowest BCUT2D eigenvalue weighted by Gasteiger charge is -2.15. The van der Waals surface area contributed by atoms with Gasteiger partial charge in [0.15, 0.2) is 0 Å². The molecule has 4 heteroatoms. The fraction of sp³-hybridized carbons (Fsp3) is 0.688. The van der Waals surface area contributed by atoms with E-state index in [1.807, 2.05) is 11.3 Å². The summed E-state index contributed by atoms with van der Waals surface area (Å²) in [5.74, 6) is 0.927. The lowest BCUT2D eigenvalue weighted by molar-refractivity contribution is -0.119. The van der Waals surface area contributed by atoms with Crippen molar-refractivity contribution in [2.75, 3.05) is 13.1 Å². The summed E-state index contributed by atoms with van der Waals surface area (Å²) in [5, 5.41) is 3.03. The summed E-state index contributed by atoms with van der Waals surface area (Å²) < 4.78 is 0. The first-order chi connectivity index (χ1) is 9.70. The monoisotopic (exact) mass is 292 g/mol. The van der Waals surface area contributed by atoms with Crippen molar-refractivity contribution in [1.29, 1.82) is 0 Å². The minimum absolute atomic E-state index is 0.0940. The van der Waals surface area contributed by atoms with Gasteiger partial charge in [-0.1, -0.05) is 12.8 Å². The summed E-state index contributed by atoms with van der Waals surface area (Å²) in [7, 11) is 0. The maximum atomic E-state index is 11.1. The number of likely N-dealkylation sites (tertiary alicyclic amines) is 1. The molecule has 3 nitrogen and oxygen atoms in total. The molecule has 3 rings (SSSR count). The fourth-order valence-electron chi connectivity index (χ4n) is 3.51. The van der Waals surface area contributed by atoms with Crippen molar-refractivity contribution in [3.8, 4) is 0 Å². The molecule has 110 valence electrons. The van der Waals surface area contributed by atoms with E-state index in [1.165, 1.54) is 30.6 Å². The Kier molecular flexibility index (Phi) is 4.41. The highest BCUT2D eigenvalue weighted by atomic mass is 32.1. The molecule has 1 N–H and O–H groups in total. The summed E-state index contributed by atoms with van der Waals surface area (Å²) in [6.45, 7) is 4.75.